The molecule has 0 aliphatic carbocycles. The molecule has 0 saturated carbocycles. The summed E-state index contributed by atoms with van der Waals surface area (Å²) >= 11 is 0. The van der Waals surface area contributed by atoms with E-state index in [1.807, 2.05) is 13.0 Å². The highest BCUT2D eigenvalue weighted by atomic mass is 32.2. The Labute approximate surface area is 189 Å². The topological polar surface area (TPSA) is 86.8 Å². The molecule has 0 aromatic heterocycles. The van der Waals surface area contributed by atoms with Gasteiger partial charge in [-0.2, -0.15) is 0 Å². The van der Waals surface area contributed by atoms with Crippen molar-refractivity contribution in [2.45, 2.75) is 39.3 Å². The smallest absolute Gasteiger partial charge is 0.242 e. The molecule has 0 fully saturated rings. The Kier molecular flexibility index (Phi) is 8.77. The van der Waals surface area contributed by atoms with Crippen LogP contribution in [0, 0.1) is 12.7 Å². The standard InChI is InChI=1S/C23H30FN3O4S/c1-17-7-5-8-21(15-17)27(32(4,30)31)14-6-9-22(28)26(18(2)23(29)25-3)16-19-10-12-20(24)13-11-19/h5,7-8,10-13,15,18H,6,9,14,16H2,1-4H3,(H,25,29)/t18-/m1/s1. The molecule has 1 atom stereocenters. The summed E-state index contributed by atoms with van der Waals surface area (Å²) in [5, 5.41) is 2.54. The predicted octanol–water partition coefficient (Wildman–Crippen LogP) is 2.84. The summed E-state index contributed by atoms with van der Waals surface area (Å²) in [5.74, 6) is -0.996. The number of halogens is 1. The van der Waals surface area contributed by atoms with Crippen molar-refractivity contribution in [2.75, 3.05) is 24.2 Å². The van der Waals surface area contributed by atoms with E-state index < -0.39 is 16.1 Å². The third kappa shape index (κ3) is 7.05. The van der Waals surface area contributed by atoms with Crippen LogP contribution >= 0.6 is 0 Å². The van der Waals surface area contributed by atoms with Crippen molar-refractivity contribution < 1.29 is 22.4 Å². The molecule has 0 spiro atoms. The quantitative estimate of drug-likeness (QED) is 0.587. The van der Waals surface area contributed by atoms with Gasteiger partial charge in [-0.25, -0.2) is 12.8 Å². The largest absolute Gasteiger partial charge is 0.357 e. The molecule has 2 aromatic rings. The van der Waals surface area contributed by atoms with Gasteiger partial charge in [-0.05, 0) is 55.7 Å². The van der Waals surface area contributed by atoms with Crippen LogP contribution in [0.2, 0.25) is 0 Å². The van der Waals surface area contributed by atoms with E-state index in [2.05, 4.69) is 5.32 Å². The van der Waals surface area contributed by atoms with Gasteiger partial charge in [0.2, 0.25) is 21.8 Å². The molecular formula is C23H30FN3O4S. The molecular weight excluding hydrogens is 433 g/mol. The zero-order chi connectivity index (χ0) is 23.9. The maximum Gasteiger partial charge on any atom is 0.242 e. The van der Waals surface area contributed by atoms with E-state index >= 15 is 0 Å². The Hall–Kier alpha value is -2.94. The minimum atomic E-state index is -3.53. The zero-order valence-electron chi connectivity index (χ0n) is 18.8. The highest BCUT2D eigenvalue weighted by Crippen LogP contribution is 2.20. The Morgan fingerprint density at radius 2 is 1.78 bits per heavy atom. The molecule has 2 aromatic carbocycles. The van der Waals surface area contributed by atoms with Gasteiger partial charge < -0.3 is 10.2 Å². The molecule has 2 amide bonds. The first-order chi connectivity index (χ1) is 15.0. The fraction of sp³-hybridized carbons (Fsp3) is 0.391. The lowest BCUT2D eigenvalue weighted by atomic mass is 10.1. The number of sulfonamides is 1. The Morgan fingerprint density at radius 3 is 2.34 bits per heavy atom. The number of hydrogen-bond donors (Lipinski definition) is 1. The summed E-state index contributed by atoms with van der Waals surface area (Å²) in [7, 11) is -2.04. The van der Waals surface area contributed by atoms with Crippen LogP contribution in [-0.4, -0.2) is 51.0 Å². The van der Waals surface area contributed by atoms with Crippen molar-refractivity contribution in [2.24, 2.45) is 0 Å². The first-order valence-electron chi connectivity index (χ1n) is 10.3. The third-order valence-electron chi connectivity index (χ3n) is 5.12. The number of carbonyl (C=O) groups excluding carboxylic acids is 2. The van der Waals surface area contributed by atoms with Crippen molar-refractivity contribution in [3.63, 3.8) is 0 Å². The normalized spacial score (nSPS) is 12.2. The van der Waals surface area contributed by atoms with Gasteiger partial charge in [-0.15, -0.1) is 0 Å². The zero-order valence-corrected chi connectivity index (χ0v) is 19.7. The van der Waals surface area contributed by atoms with E-state index in [-0.39, 0.29) is 43.6 Å². The van der Waals surface area contributed by atoms with Gasteiger partial charge >= 0.3 is 0 Å². The van der Waals surface area contributed by atoms with Crippen LogP contribution in [-0.2, 0) is 26.2 Å². The molecule has 2 rings (SSSR count). The maximum absolute atomic E-state index is 13.2. The average molecular weight is 464 g/mol. The first-order valence-corrected chi connectivity index (χ1v) is 12.2. The Morgan fingerprint density at radius 1 is 1.12 bits per heavy atom. The van der Waals surface area contributed by atoms with E-state index in [1.54, 1.807) is 37.3 Å². The number of carbonyl (C=O) groups is 2. The molecule has 0 aliphatic heterocycles. The minimum absolute atomic E-state index is 0.0559. The SMILES string of the molecule is CNC(=O)[C@@H](C)N(Cc1ccc(F)cc1)C(=O)CCCN(c1cccc(C)c1)S(C)(=O)=O. The van der Waals surface area contributed by atoms with Crippen molar-refractivity contribution >= 4 is 27.5 Å². The van der Waals surface area contributed by atoms with E-state index in [1.165, 1.54) is 28.4 Å². The molecule has 0 bridgehead atoms. The second-order valence-electron chi connectivity index (χ2n) is 7.72. The van der Waals surface area contributed by atoms with E-state index in [0.717, 1.165) is 11.8 Å². The van der Waals surface area contributed by atoms with Crippen LogP contribution in [0.1, 0.15) is 30.9 Å². The van der Waals surface area contributed by atoms with Crippen LogP contribution in [0.25, 0.3) is 0 Å². The number of likely N-dealkylation sites (N-methyl/N-ethyl adjacent to an activating group) is 1. The first kappa shape index (κ1) is 25.3. The second kappa shape index (κ2) is 11.1. The number of amides is 2. The summed E-state index contributed by atoms with van der Waals surface area (Å²) < 4.78 is 39.1. The predicted molar refractivity (Wildman–Crippen MR) is 123 cm³/mol. The van der Waals surface area contributed by atoms with E-state index in [9.17, 15) is 22.4 Å². The monoisotopic (exact) mass is 463 g/mol. The highest BCUT2D eigenvalue weighted by molar-refractivity contribution is 7.92. The average Bonchev–Trinajstić information content (AvgIpc) is 2.74. The van der Waals surface area contributed by atoms with Crippen molar-refractivity contribution in [3.05, 3.63) is 65.5 Å². The van der Waals surface area contributed by atoms with Crippen LogP contribution in [0.4, 0.5) is 10.1 Å². The fourth-order valence-corrected chi connectivity index (χ4v) is 4.32. The van der Waals surface area contributed by atoms with Gasteiger partial charge in [0.1, 0.15) is 11.9 Å². The summed E-state index contributed by atoms with van der Waals surface area (Å²) in [4.78, 5) is 26.6. The second-order valence-corrected chi connectivity index (χ2v) is 9.62. The van der Waals surface area contributed by atoms with Crippen molar-refractivity contribution in [1.29, 1.82) is 0 Å². The lowest BCUT2D eigenvalue weighted by molar-refractivity contribution is -0.140. The van der Waals surface area contributed by atoms with Crippen LogP contribution in [0.15, 0.2) is 48.5 Å². The fourth-order valence-electron chi connectivity index (χ4n) is 3.37. The van der Waals surface area contributed by atoms with Crippen molar-refractivity contribution in [3.8, 4) is 0 Å². The summed E-state index contributed by atoms with van der Waals surface area (Å²) in [6.45, 7) is 3.77. The van der Waals surface area contributed by atoms with Gasteiger partial charge in [-0.3, -0.25) is 13.9 Å². The molecule has 32 heavy (non-hydrogen) atoms. The Balaban J connectivity index is 2.13. The summed E-state index contributed by atoms with van der Waals surface area (Å²) in [6, 6.07) is 12.1. The summed E-state index contributed by atoms with van der Waals surface area (Å²) in [6.07, 6.45) is 1.46. The molecule has 0 saturated heterocycles. The van der Waals surface area contributed by atoms with E-state index in [4.69, 9.17) is 0 Å². The number of hydrogen-bond acceptors (Lipinski definition) is 4. The van der Waals surface area contributed by atoms with E-state index in [0.29, 0.717) is 11.3 Å². The lowest BCUT2D eigenvalue weighted by Gasteiger charge is -2.29. The van der Waals surface area contributed by atoms with Crippen LogP contribution < -0.4 is 9.62 Å². The van der Waals surface area contributed by atoms with Gasteiger partial charge in [-0.1, -0.05) is 24.3 Å². The van der Waals surface area contributed by atoms with Crippen molar-refractivity contribution in [1.82, 2.24) is 10.2 Å². The summed E-state index contributed by atoms with van der Waals surface area (Å²) in [5.41, 5.74) is 2.16. The minimum Gasteiger partial charge on any atom is -0.357 e. The molecule has 1 N–H and O–H groups in total. The maximum atomic E-state index is 13.2. The molecule has 7 nitrogen and oxygen atoms in total. The number of benzene rings is 2. The number of nitrogens with zero attached hydrogens (tertiary/aromatic N) is 2. The number of aryl methyl sites for hydroxylation is 1. The molecule has 9 heteroatoms. The molecule has 0 aliphatic rings. The highest BCUT2D eigenvalue weighted by Gasteiger charge is 2.26. The van der Waals surface area contributed by atoms with Gasteiger partial charge in [0, 0.05) is 26.6 Å². The van der Waals surface area contributed by atoms with Crippen LogP contribution in [0.3, 0.4) is 0 Å². The molecule has 0 heterocycles. The number of nitrogens with one attached hydrogen (secondary N) is 1. The van der Waals surface area contributed by atoms with Gasteiger partial charge in [0.25, 0.3) is 0 Å². The lowest BCUT2D eigenvalue weighted by Crippen LogP contribution is -2.46. The van der Waals surface area contributed by atoms with Gasteiger partial charge in [0.15, 0.2) is 0 Å². The molecule has 174 valence electrons. The van der Waals surface area contributed by atoms with Gasteiger partial charge in [0.05, 0.1) is 11.9 Å². The Bertz CT molecular complexity index is 1040. The molecule has 0 radical (unpaired) electrons. The number of anilines is 1. The number of rotatable bonds is 10. The van der Waals surface area contributed by atoms with Crippen LogP contribution in [0.5, 0.6) is 0 Å². The molecule has 0 unspecified atom stereocenters. The third-order valence-corrected chi connectivity index (χ3v) is 6.32.